The van der Waals surface area contributed by atoms with Crippen LogP contribution in [0, 0.1) is 0 Å². The number of nitrogens with zero attached hydrogens (tertiary/aromatic N) is 3. The van der Waals surface area contributed by atoms with E-state index in [2.05, 4.69) is 22.9 Å². The molecule has 0 saturated carbocycles. The lowest BCUT2D eigenvalue weighted by atomic mass is 10.0. The van der Waals surface area contributed by atoms with E-state index in [0.29, 0.717) is 25.3 Å². The summed E-state index contributed by atoms with van der Waals surface area (Å²) in [6, 6.07) is 15.7. The molecule has 2 aromatic rings. The van der Waals surface area contributed by atoms with Crippen molar-refractivity contribution in [3.05, 3.63) is 59.7 Å². The topological polar surface area (TPSA) is 54.5 Å². The standard InChI is InChI=1S/C25H33N3O4/c1-26-10-11-28(19-23(26)22-8-3-4-9-24(22)30-2)25(29)20-6-5-7-21(18-20)32-17-14-27-12-15-31-16-13-27/h3-9,18,23H,10-17,19H2,1-2H3/t23-/m1/s1. The van der Waals surface area contributed by atoms with Gasteiger partial charge in [-0.3, -0.25) is 14.6 Å². The Labute approximate surface area is 190 Å². The third-order valence-corrected chi connectivity index (χ3v) is 6.29. The van der Waals surface area contributed by atoms with Crippen LogP contribution < -0.4 is 9.47 Å². The van der Waals surface area contributed by atoms with E-state index in [-0.39, 0.29) is 11.9 Å². The van der Waals surface area contributed by atoms with Gasteiger partial charge in [0.25, 0.3) is 5.91 Å². The van der Waals surface area contributed by atoms with Gasteiger partial charge in [-0.2, -0.15) is 0 Å². The Morgan fingerprint density at radius 3 is 2.69 bits per heavy atom. The van der Waals surface area contributed by atoms with Crippen LogP contribution in [0.1, 0.15) is 22.0 Å². The molecule has 2 saturated heterocycles. The maximum atomic E-state index is 13.3. The second-order valence-electron chi connectivity index (χ2n) is 8.32. The number of likely N-dealkylation sites (N-methyl/N-ethyl adjacent to an activating group) is 1. The second-order valence-corrected chi connectivity index (χ2v) is 8.32. The Hall–Kier alpha value is -2.61. The molecule has 1 atom stereocenters. The Bertz CT molecular complexity index is 900. The summed E-state index contributed by atoms with van der Waals surface area (Å²) in [6.45, 7) is 7.04. The van der Waals surface area contributed by atoms with Crippen molar-refractivity contribution in [1.29, 1.82) is 0 Å². The highest BCUT2D eigenvalue weighted by Crippen LogP contribution is 2.31. The van der Waals surface area contributed by atoms with E-state index in [9.17, 15) is 4.79 Å². The Morgan fingerprint density at radius 2 is 1.88 bits per heavy atom. The summed E-state index contributed by atoms with van der Waals surface area (Å²) >= 11 is 0. The first kappa shape index (κ1) is 22.6. The number of morpholine rings is 1. The van der Waals surface area contributed by atoms with Crippen LogP contribution in [0.15, 0.2) is 48.5 Å². The predicted molar refractivity (Wildman–Crippen MR) is 123 cm³/mol. The fourth-order valence-electron chi connectivity index (χ4n) is 4.35. The van der Waals surface area contributed by atoms with Crippen LogP contribution in [-0.4, -0.2) is 93.9 Å². The van der Waals surface area contributed by atoms with Crippen LogP contribution in [0.25, 0.3) is 0 Å². The van der Waals surface area contributed by atoms with Gasteiger partial charge in [0.05, 0.1) is 26.4 Å². The van der Waals surface area contributed by atoms with Gasteiger partial charge in [0.2, 0.25) is 0 Å². The largest absolute Gasteiger partial charge is 0.496 e. The molecule has 32 heavy (non-hydrogen) atoms. The molecule has 2 fully saturated rings. The monoisotopic (exact) mass is 439 g/mol. The number of amides is 1. The molecule has 7 heteroatoms. The molecule has 1 amide bonds. The number of benzene rings is 2. The first-order chi connectivity index (χ1) is 15.7. The first-order valence-corrected chi connectivity index (χ1v) is 11.3. The van der Waals surface area contributed by atoms with Crippen molar-refractivity contribution in [2.45, 2.75) is 6.04 Å². The molecule has 0 N–H and O–H groups in total. The summed E-state index contributed by atoms with van der Waals surface area (Å²) in [5, 5.41) is 0. The maximum Gasteiger partial charge on any atom is 0.254 e. The van der Waals surface area contributed by atoms with Crippen molar-refractivity contribution in [1.82, 2.24) is 14.7 Å². The van der Waals surface area contributed by atoms with Crippen LogP contribution in [0.3, 0.4) is 0 Å². The average Bonchev–Trinajstić information content (AvgIpc) is 2.85. The van der Waals surface area contributed by atoms with Crippen LogP contribution in [0.2, 0.25) is 0 Å². The zero-order valence-electron chi connectivity index (χ0n) is 19.0. The Kier molecular flexibility index (Phi) is 7.63. The number of carbonyl (C=O) groups excluding carboxylic acids is 1. The van der Waals surface area contributed by atoms with Crippen molar-refractivity contribution >= 4 is 5.91 Å². The normalized spacial score (nSPS) is 20.2. The average molecular weight is 440 g/mol. The highest BCUT2D eigenvalue weighted by molar-refractivity contribution is 5.94. The number of rotatable bonds is 7. The molecular formula is C25H33N3O4. The molecule has 172 valence electrons. The van der Waals surface area contributed by atoms with Gasteiger partial charge in [-0.15, -0.1) is 0 Å². The molecule has 2 heterocycles. The molecule has 0 radical (unpaired) electrons. The van der Waals surface area contributed by atoms with Crippen molar-refractivity contribution in [3.8, 4) is 11.5 Å². The Balaban J connectivity index is 1.39. The van der Waals surface area contributed by atoms with Crippen molar-refractivity contribution in [2.75, 3.05) is 73.2 Å². The molecule has 0 aromatic heterocycles. The van der Waals surface area contributed by atoms with Crippen molar-refractivity contribution in [2.24, 2.45) is 0 Å². The molecule has 4 rings (SSSR count). The number of para-hydroxylation sites is 1. The lowest BCUT2D eigenvalue weighted by Gasteiger charge is -2.40. The van der Waals surface area contributed by atoms with Crippen LogP contribution in [0.5, 0.6) is 11.5 Å². The lowest BCUT2D eigenvalue weighted by molar-refractivity contribution is 0.0322. The lowest BCUT2D eigenvalue weighted by Crippen LogP contribution is -2.49. The molecule has 2 aromatic carbocycles. The van der Waals surface area contributed by atoms with E-state index in [0.717, 1.165) is 56.5 Å². The summed E-state index contributed by atoms with van der Waals surface area (Å²) in [6.07, 6.45) is 0. The summed E-state index contributed by atoms with van der Waals surface area (Å²) in [7, 11) is 3.79. The fraction of sp³-hybridized carbons (Fsp3) is 0.480. The summed E-state index contributed by atoms with van der Waals surface area (Å²) < 4.78 is 16.9. The Morgan fingerprint density at radius 1 is 1.06 bits per heavy atom. The second kappa shape index (κ2) is 10.8. The number of hydrogen-bond donors (Lipinski definition) is 0. The molecule has 0 spiro atoms. The highest BCUT2D eigenvalue weighted by Gasteiger charge is 2.30. The fourth-order valence-corrected chi connectivity index (χ4v) is 4.35. The predicted octanol–water partition coefficient (Wildman–Crippen LogP) is 2.54. The molecule has 2 aliphatic heterocycles. The van der Waals surface area contributed by atoms with Crippen LogP contribution in [-0.2, 0) is 4.74 Å². The third kappa shape index (κ3) is 5.41. The summed E-state index contributed by atoms with van der Waals surface area (Å²) in [5.74, 6) is 1.63. The number of carbonyl (C=O) groups is 1. The summed E-state index contributed by atoms with van der Waals surface area (Å²) in [5.41, 5.74) is 1.77. The molecule has 0 unspecified atom stereocenters. The van der Waals surface area contributed by atoms with Crippen molar-refractivity contribution in [3.63, 3.8) is 0 Å². The minimum atomic E-state index is 0.0385. The van der Waals surface area contributed by atoms with Crippen LogP contribution in [0.4, 0.5) is 0 Å². The number of piperazine rings is 1. The SMILES string of the molecule is COc1ccccc1[C@H]1CN(C(=O)c2cccc(OCCN3CCOCC3)c2)CCN1C. The van der Waals surface area contributed by atoms with Crippen molar-refractivity contribution < 1.29 is 19.0 Å². The van der Waals surface area contributed by atoms with Gasteiger partial charge < -0.3 is 19.1 Å². The van der Waals surface area contributed by atoms with Gasteiger partial charge >= 0.3 is 0 Å². The van der Waals surface area contributed by atoms with Gasteiger partial charge in [-0.1, -0.05) is 24.3 Å². The minimum absolute atomic E-state index is 0.0385. The van der Waals surface area contributed by atoms with E-state index >= 15 is 0 Å². The third-order valence-electron chi connectivity index (χ3n) is 6.29. The quantitative estimate of drug-likeness (QED) is 0.661. The van der Waals surface area contributed by atoms with E-state index in [1.54, 1.807) is 7.11 Å². The number of methoxy groups -OCH3 is 1. The van der Waals surface area contributed by atoms with E-state index in [4.69, 9.17) is 14.2 Å². The first-order valence-electron chi connectivity index (χ1n) is 11.3. The van der Waals surface area contributed by atoms with Gasteiger partial charge in [-0.05, 0) is 31.3 Å². The maximum absolute atomic E-state index is 13.3. The zero-order valence-corrected chi connectivity index (χ0v) is 19.0. The highest BCUT2D eigenvalue weighted by atomic mass is 16.5. The van der Waals surface area contributed by atoms with Gasteiger partial charge in [0.15, 0.2) is 0 Å². The smallest absolute Gasteiger partial charge is 0.254 e. The van der Waals surface area contributed by atoms with E-state index in [1.165, 1.54) is 0 Å². The van der Waals surface area contributed by atoms with E-state index in [1.807, 2.05) is 47.4 Å². The molecule has 2 aliphatic rings. The zero-order chi connectivity index (χ0) is 22.3. The van der Waals surface area contributed by atoms with Gasteiger partial charge in [0, 0.05) is 50.4 Å². The molecule has 0 bridgehead atoms. The minimum Gasteiger partial charge on any atom is -0.496 e. The molecular weight excluding hydrogens is 406 g/mol. The number of hydrogen-bond acceptors (Lipinski definition) is 6. The number of ether oxygens (including phenoxy) is 3. The van der Waals surface area contributed by atoms with Gasteiger partial charge in [0.1, 0.15) is 18.1 Å². The van der Waals surface area contributed by atoms with E-state index < -0.39 is 0 Å². The van der Waals surface area contributed by atoms with Gasteiger partial charge in [-0.25, -0.2) is 0 Å². The van der Waals surface area contributed by atoms with Crippen LogP contribution >= 0.6 is 0 Å². The molecule has 7 nitrogen and oxygen atoms in total. The summed E-state index contributed by atoms with van der Waals surface area (Å²) in [4.78, 5) is 19.9. The molecule has 0 aliphatic carbocycles.